The van der Waals surface area contributed by atoms with E-state index in [1.54, 1.807) is 43.3 Å². The van der Waals surface area contributed by atoms with Crippen LogP contribution >= 0.6 is 11.6 Å². The second-order valence-electron chi connectivity index (χ2n) is 9.80. The Morgan fingerprint density at radius 2 is 1.41 bits per heavy atom. The number of anilines is 1. The van der Waals surface area contributed by atoms with E-state index in [1.165, 1.54) is 17.0 Å². The van der Waals surface area contributed by atoms with Crippen LogP contribution in [0.25, 0.3) is 0 Å². The molecule has 7 nitrogen and oxygen atoms in total. The quantitative estimate of drug-likeness (QED) is 0.331. The van der Waals surface area contributed by atoms with E-state index in [0.29, 0.717) is 10.7 Å². The zero-order valence-corrected chi connectivity index (χ0v) is 24.6. The second-order valence-corrected chi connectivity index (χ2v) is 12.1. The van der Waals surface area contributed by atoms with Crippen LogP contribution in [0.15, 0.2) is 77.7 Å². The van der Waals surface area contributed by atoms with Crippen molar-refractivity contribution in [3.63, 3.8) is 0 Å². The molecule has 0 bridgehead atoms. The van der Waals surface area contributed by atoms with Crippen LogP contribution in [0.3, 0.4) is 0 Å². The molecule has 2 amide bonds. The van der Waals surface area contributed by atoms with Crippen molar-refractivity contribution in [1.82, 2.24) is 10.2 Å². The van der Waals surface area contributed by atoms with E-state index in [0.717, 1.165) is 27.4 Å². The van der Waals surface area contributed by atoms with Crippen LogP contribution in [0.5, 0.6) is 0 Å². The molecule has 9 heteroatoms. The lowest BCUT2D eigenvalue weighted by molar-refractivity contribution is -0.139. The van der Waals surface area contributed by atoms with Gasteiger partial charge in [-0.15, -0.1) is 0 Å². The van der Waals surface area contributed by atoms with Gasteiger partial charge in [-0.2, -0.15) is 0 Å². The lowest BCUT2D eigenvalue weighted by Gasteiger charge is -2.32. The van der Waals surface area contributed by atoms with Gasteiger partial charge in [0.2, 0.25) is 11.8 Å². The Bertz CT molecular complexity index is 1380. The van der Waals surface area contributed by atoms with Crippen LogP contribution < -0.4 is 9.62 Å². The number of sulfonamides is 1. The first-order chi connectivity index (χ1) is 18.4. The number of nitrogens with one attached hydrogen (secondary N) is 1. The Morgan fingerprint density at radius 1 is 0.872 bits per heavy atom. The maximum atomic E-state index is 13.9. The fourth-order valence-electron chi connectivity index (χ4n) is 3.91. The van der Waals surface area contributed by atoms with Crippen LogP contribution in [0.4, 0.5) is 5.69 Å². The molecule has 0 aliphatic rings. The van der Waals surface area contributed by atoms with Crippen LogP contribution in [-0.4, -0.2) is 43.8 Å². The molecule has 208 valence electrons. The maximum absolute atomic E-state index is 13.9. The predicted octanol–water partition coefficient (Wildman–Crippen LogP) is 5.48. The van der Waals surface area contributed by atoms with Crippen molar-refractivity contribution in [2.45, 2.75) is 64.6 Å². The van der Waals surface area contributed by atoms with Crippen LogP contribution in [0.2, 0.25) is 5.02 Å². The van der Waals surface area contributed by atoms with Gasteiger partial charge in [-0.05, 0) is 76.1 Å². The van der Waals surface area contributed by atoms with Gasteiger partial charge in [0.05, 0.1) is 10.6 Å². The summed E-state index contributed by atoms with van der Waals surface area (Å²) in [6.07, 6.45) is 0.740. The molecule has 3 aromatic carbocycles. The average Bonchev–Trinajstić information content (AvgIpc) is 2.91. The lowest BCUT2D eigenvalue weighted by atomic mass is 10.1. The van der Waals surface area contributed by atoms with E-state index in [2.05, 4.69) is 5.32 Å². The summed E-state index contributed by atoms with van der Waals surface area (Å²) in [7, 11) is -4.12. The Morgan fingerprint density at radius 3 is 1.95 bits per heavy atom. The van der Waals surface area contributed by atoms with E-state index >= 15 is 0 Å². The molecule has 0 saturated heterocycles. The molecular weight excluding hydrogens is 534 g/mol. The minimum absolute atomic E-state index is 0.0588. The van der Waals surface area contributed by atoms with Crippen LogP contribution in [-0.2, 0) is 26.2 Å². The van der Waals surface area contributed by atoms with Crippen LogP contribution in [0.1, 0.15) is 43.9 Å². The molecule has 0 aliphatic heterocycles. The van der Waals surface area contributed by atoms with E-state index in [-0.39, 0.29) is 23.4 Å². The van der Waals surface area contributed by atoms with Gasteiger partial charge in [-0.25, -0.2) is 8.42 Å². The summed E-state index contributed by atoms with van der Waals surface area (Å²) in [5.41, 5.74) is 3.10. The molecule has 0 aromatic heterocycles. The number of carbonyl (C=O) groups is 2. The third-order valence-electron chi connectivity index (χ3n) is 6.64. The topological polar surface area (TPSA) is 86.8 Å². The highest BCUT2D eigenvalue weighted by atomic mass is 35.5. The average molecular weight is 570 g/mol. The van der Waals surface area contributed by atoms with Crippen molar-refractivity contribution in [3.8, 4) is 0 Å². The van der Waals surface area contributed by atoms with Crippen LogP contribution in [0, 0.1) is 13.8 Å². The molecule has 0 aliphatic carbocycles. The van der Waals surface area contributed by atoms with E-state index in [1.807, 2.05) is 52.0 Å². The third-order valence-corrected chi connectivity index (χ3v) is 8.68. The molecule has 0 unspecified atom stereocenters. The standard InChI is InChI=1S/C30H36ClN3O4S/c1-6-23(4)32-30(36)24(5)33(19-25-11-7-21(2)8-12-25)29(35)20-34(27-15-13-26(31)14-16-27)39(37,38)28-17-9-22(3)10-18-28/h7-18,23-24H,6,19-20H2,1-5H3,(H,32,36)/t23-,24-/m1/s1. The minimum atomic E-state index is -4.12. The monoisotopic (exact) mass is 569 g/mol. The Labute approximate surface area is 236 Å². The van der Waals surface area contributed by atoms with Gasteiger partial charge in [0.25, 0.3) is 10.0 Å². The molecular formula is C30H36ClN3O4S. The highest BCUT2D eigenvalue weighted by Crippen LogP contribution is 2.26. The van der Waals surface area contributed by atoms with Gasteiger partial charge >= 0.3 is 0 Å². The Hall–Kier alpha value is -3.36. The summed E-state index contributed by atoms with van der Waals surface area (Å²) >= 11 is 6.06. The summed E-state index contributed by atoms with van der Waals surface area (Å²) in [4.78, 5) is 28.5. The van der Waals surface area contributed by atoms with Crippen molar-refractivity contribution < 1.29 is 18.0 Å². The Kier molecular flexibility index (Phi) is 10.2. The zero-order valence-electron chi connectivity index (χ0n) is 23.0. The number of nitrogens with zero attached hydrogens (tertiary/aromatic N) is 2. The molecule has 0 fully saturated rings. The number of halogens is 1. The first kappa shape index (κ1) is 30.2. The van der Waals surface area contributed by atoms with Crippen molar-refractivity contribution in [2.75, 3.05) is 10.8 Å². The van der Waals surface area contributed by atoms with Crippen molar-refractivity contribution >= 4 is 39.1 Å². The molecule has 0 heterocycles. The molecule has 0 spiro atoms. The molecule has 39 heavy (non-hydrogen) atoms. The third kappa shape index (κ3) is 7.83. The number of amides is 2. The number of aryl methyl sites for hydroxylation is 2. The fourth-order valence-corrected chi connectivity index (χ4v) is 5.45. The van der Waals surface area contributed by atoms with Crippen molar-refractivity contribution in [2.24, 2.45) is 0 Å². The van der Waals surface area contributed by atoms with E-state index in [4.69, 9.17) is 11.6 Å². The second kappa shape index (κ2) is 13.1. The smallest absolute Gasteiger partial charge is 0.264 e. The van der Waals surface area contributed by atoms with Crippen molar-refractivity contribution in [3.05, 3.63) is 94.5 Å². The SMILES string of the molecule is CC[C@@H](C)NC(=O)[C@@H](C)N(Cc1ccc(C)cc1)C(=O)CN(c1ccc(Cl)cc1)S(=O)(=O)c1ccc(C)cc1. The van der Waals surface area contributed by atoms with E-state index in [9.17, 15) is 18.0 Å². The summed E-state index contributed by atoms with van der Waals surface area (Å²) in [6.45, 7) is 9.00. The molecule has 0 radical (unpaired) electrons. The van der Waals surface area contributed by atoms with Gasteiger partial charge in [0.1, 0.15) is 12.6 Å². The normalized spacial score (nSPS) is 12.9. The Balaban J connectivity index is 2.01. The molecule has 1 N–H and O–H groups in total. The van der Waals surface area contributed by atoms with Gasteiger partial charge in [-0.1, -0.05) is 66.0 Å². The number of carbonyl (C=O) groups excluding carboxylic acids is 2. The lowest BCUT2D eigenvalue weighted by Crippen LogP contribution is -2.52. The summed E-state index contributed by atoms with van der Waals surface area (Å²) in [6, 6.07) is 19.5. The van der Waals surface area contributed by atoms with Gasteiger partial charge < -0.3 is 10.2 Å². The number of hydrogen-bond acceptors (Lipinski definition) is 4. The summed E-state index contributed by atoms with van der Waals surface area (Å²) in [5, 5.41) is 3.37. The highest BCUT2D eigenvalue weighted by Gasteiger charge is 2.32. The number of benzene rings is 3. The molecule has 3 rings (SSSR count). The van der Waals surface area contributed by atoms with Gasteiger partial charge in [-0.3, -0.25) is 13.9 Å². The minimum Gasteiger partial charge on any atom is -0.352 e. The maximum Gasteiger partial charge on any atom is 0.264 e. The number of rotatable bonds is 11. The first-order valence-electron chi connectivity index (χ1n) is 12.9. The largest absolute Gasteiger partial charge is 0.352 e. The predicted molar refractivity (Wildman–Crippen MR) is 156 cm³/mol. The molecule has 3 aromatic rings. The molecule has 0 saturated carbocycles. The van der Waals surface area contributed by atoms with Gasteiger partial charge in [0.15, 0.2) is 0 Å². The number of hydrogen-bond donors (Lipinski definition) is 1. The zero-order chi connectivity index (χ0) is 28.7. The summed E-state index contributed by atoms with van der Waals surface area (Å²) in [5.74, 6) is -0.808. The highest BCUT2D eigenvalue weighted by molar-refractivity contribution is 7.92. The first-order valence-corrected chi connectivity index (χ1v) is 14.7. The van der Waals surface area contributed by atoms with Crippen molar-refractivity contribution in [1.29, 1.82) is 0 Å². The molecule has 2 atom stereocenters. The fraction of sp³-hybridized carbons (Fsp3) is 0.333. The summed E-state index contributed by atoms with van der Waals surface area (Å²) < 4.78 is 28.7. The van der Waals surface area contributed by atoms with Gasteiger partial charge in [0, 0.05) is 17.6 Å². The van der Waals surface area contributed by atoms with E-state index < -0.39 is 28.5 Å².